The van der Waals surface area contributed by atoms with Gasteiger partial charge >= 0.3 is 5.97 Å². The van der Waals surface area contributed by atoms with Crippen molar-refractivity contribution in [2.24, 2.45) is 4.99 Å². The third-order valence-corrected chi connectivity index (χ3v) is 8.10. The molecule has 0 aliphatic carbocycles. The lowest BCUT2D eigenvalue weighted by molar-refractivity contribution is -0.384. The molecule has 272 valence electrons. The summed E-state index contributed by atoms with van der Waals surface area (Å²) in [5.41, 5.74) is 2.27. The molecule has 0 saturated carbocycles. The molecule has 1 aliphatic heterocycles. The lowest BCUT2D eigenvalue weighted by Crippen LogP contribution is -2.09. The molecule has 11 nitrogen and oxygen atoms in total. The van der Waals surface area contributed by atoms with E-state index in [0.29, 0.717) is 40.1 Å². The molecule has 0 radical (unpaired) electrons. The SMILES string of the molecule is COc1cc(C)c(/C(=C2\C=C(C#N)C(Oc3ccc(F)cc3F)=N2)c2cc(C(=O)OCc3ccc([N+](=O)[O-])cc3)c(Oc3ccc(F)cc3F)[nH]2)c(C)c1. The van der Waals surface area contributed by atoms with Gasteiger partial charge in [0.1, 0.15) is 41.2 Å². The number of nitrogens with one attached hydrogen (secondary N) is 1. The van der Waals surface area contributed by atoms with E-state index in [1.165, 1.54) is 43.5 Å². The van der Waals surface area contributed by atoms with Gasteiger partial charge in [0.25, 0.3) is 5.69 Å². The molecule has 15 heteroatoms. The number of non-ortho nitro benzene ring substituents is 1. The molecule has 1 N–H and O–H groups in total. The first kappa shape index (κ1) is 36.6. The summed E-state index contributed by atoms with van der Waals surface area (Å²) < 4.78 is 79.2. The van der Waals surface area contributed by atoms with Gasteiger partial charge in [-0.25, -0.2) is 27.3 Å². The molecule has 0 fully saturated rings. The van der Waals surface area contributed by atoms with Crippen molar-refractivity contribution < 1.29 is 46.2 Å². The summed E-state index contributed by atoms with van der Waals surface area (Å²) in [4.78, 5) is 31.6. The van der Waals surface area contributed by atoms with E-state index in [2.05, 4.69) is 9.98 Å². The molecular formula is C39H26F4N4O7. The summed E-state index contributed by atoms with van der Waals surface area (Å²) in [5, 5.41) is 21.1. The highest BCUT2D eigenvalue weighted by Gasteiger charge is 2.29. The Morgan fingerprint density at radius 3 is 2.06 bits per heavy atom. The van der Waals surface area contributed by atoms with E-state index in [1.807, 2.05) is 6.07 Å². The van der Waals surface area contributed by atoms with E-state index in [0.717, 1.165) is 24.3 Å². The van der Waals surface area contributed by atoms with Crippen LogP contribution < -0.4 is 14.2 Å². The molecule has 2 heterocycles. The molecule has 1 aliphatic rings. The summed E-state index contributed by atoms with van der Waals surface area (Å²) in [7, 11) is 1.49. The monoisotopic (exact) mass is 738 g/mol. The third kappa shape index (κ3) is 7.67. The number of hydrogen-bond donors (Lipinski definition) is 1. The minimum Gasteiger partial charge on any atom is -0.497 e. The molecule has 0 saturated heterocycles. The molecule has 0 amide bonds. The van der Waals surface area contributed by atoms with Crippen LogP contribution in [0.5, 0.6) is 23.1 Å². The van der Waals surface area contributed by atoms with Crippen molar-refractivity contribution in [3.05, 3.63) is 163 Å². The van der Waals surface area contributed by atoms with Gasteiger partial charge in [-0.1, -0.05) is 0 Å². The van der Waals surface area contributed by atoms with Crippen LogP contribution in [0.3, 0.4) is 0 Å². The van der Waals surface area contributed by atoms with Crippen LogP contribution in [0.1, 0.15) is 38.3 Å². The number of nitrogens with zero attached hydrogens (tertiary/aromatic N) is 3. The van der Waals surface area contributed by atoms with E-state index in [-0.39, 0.29) is 52.2 Å². The van der Waals surface area contributed by atoms with E-state index in [4.69, 9.17) is 18.9 Å². The first-order valence-electron chi connectivity index (χ1n) is 15.9. The number of allylic oxidation sites excluding steroid dienone is 1. The van der Waals surface area contributed by atoms with E-state index >= 15 is 0 Å². The number of nitro benzene ring substituents is 1. The number of carbonyl (C=O) groups is 1. The number of esters is 1. The lowest BCUT2D eigenvalue weighted by Gasteiger charge is -2.16. The first-order valence-corrected chi connectivity index (χ1v) is 15.9. The van der Waals surface area contributed by atoms with E-state index in [9.17, 15) is 37.7 Å². The van der Waals surface area contributed by atoms with Crippen molar-refractivity contribution in [2.45, 2.75) is 20.5 Å². The summed E-state index contributed by atoms with van der Waals surface area (Å²) in [5.74, 6) is -5.72. The number of aromatic amines is 1. The predicted molar refractivity (Wildman–Crippen MR) is 186 cm³/mol. The third-order valence-electron chi connectivity index (χ3n) is 8.10. The zero-order valence-corrected chi connectivity index (χ0v) is 28.5. The van der Waals surface area contributed by atoms with E-state index in [1.54, 1.807) is 26.0 Å². The second kappa shape index (κ2) is 15.2. The average Bonchev–Trinajstić information content (AvgIpc) is 3.75. The number of H-pyrrole nitrogens is 1. The zero-order valence-electron chi connectivity index (χ0n) is 28.5. The number of ether oxygens (including phenoxy) is 4. The average molecular weight is 739 g/mol. The van der Waals surface area contributed by atoms with Crippen LogP contribution in [0, 0.1) is 58.6 Å². The lowest BCUT2D eigenvalue weighted by atomic mass is 9.91. The maximum Gasteiger partial charge on any atom is 0.344 e. The number of nitriles is 1. The van der Waals surface area contributed by atoms with Crippen LogP contribution in [0.15, 0.2) is 101 Å². The minimum atomic E-state index is -1.08. The number of aliphatic imine (C=N–C) groups is 1. The van der Waals surface area contributed by atoms with Crippen molar-refractivity contribution in [1.82, 2.24) is 4.98 Å². The Kier molecular flexibility index (Phi) is 10.3. The van der Waals surface area contributed by atoms with Crippen molar-refractivity contribution >= 4 is 23.1 Å². The Morgan fingerprint density at radius 2 is 1.50 bits per heavy atom. The van der Waals surface area contributed by atoms with Crippen LogP contribution in [0.25, 0.3) is 5.57 Å². The van der Waals surface area contributed by atoms with Crippen LogP contribution in [0.4, 0.5) is 23.2 Å². The number of methoxy groups -OCH3 is 1. The number of carbonyl (C=O) groups excluding carboxylic acids is 1. The Balaban J connectivity index is 1.51. The molecule has 0 spiro atoms. The highest BCUT2D eigenvalue weighted by molar-refractivity contribution is 6.05. The fourth-order valence-corrected chi connectivity index (χ4v) is 5.60. The maximum atomic E-state index is 14.9. The number of aryl methyl sites for hydroxylation is 2. The highest BCUT2D eigenvalue weighted by atomic mass is 19.1. The second-order valence-electron chi connectivity index (χ2n) is 11.8. The van der Waals surface area contributed by atoms with Gasteiger partial charge < -0.3 is 23.9 Å². The number of rotatable bonds is 10. The number of halogens is 4. The van der Waals surface area contributed by atoms with Crippen LogP contribution in [-0.2, 0) is 11.3 Å². The van der Waals surface area contributed by atoms with Gasteiger partial charge in [-0.3, -0.25) is 10.1 Å². The van der Waals surface area contributed by atoms with Gasteiger partial charge in [0.05, 0.1) is 23.4 Å². The van der Waals surface area contributed by atoms with Gasteiger partial charge in [-0.15, -0.1) is 0 Å². The maximum absolute atomic E-state index is 14.9. The Labute approximate surface area is 304 Å². The molecular weight excluding hydrogens is 712 g/mol. The van der Waals surface area contributed by atoms with Gasteiger partial charge in [0, 0.05) is 29.8 Å². The van der Waals surface area contributed by atoms with Crippen molar-refractivity contribution in [3.8, 4) is 29.2 Å². The zero-order chi connectivity index (χ0) is 38.7. The Hall–Kier alpha value is -7.21. The molecule has 54 heavy (non-hydrogen) atoms. The smallest absolute Gasteiger partial charge is 0.344 e. The molecule has 1 aromatic heterocycles. The van der Waals surface area contributed by atoms with Gasteiger partial charge in [0.2, 0.25) is 11.8 Å². The molecule has 0 atom stereocenters. The van der Waals surface area contributed by atoms with Gasteiger partial charge in [-0.05, 0) is 96.8 Å². The largest absolute Gasteiger partial charge is 0.497 e. The molecule has 6 rings (SSSR count). The topological polar surface area (TPSA) is 149 Å². The number of hydrogen-bond acceptors (Lipinski definition) is 9. The van der Waals surface area contributed by atoms with Crippen molar-refractivity contribution in [1.29, 1.82) is 5.26 Å². The second-order valence-corrected chi connectivity index (χ2v) is 11.8. The fourth-order valence-electron chi connectivity index (χ4n) is 5.60. The standard InChI is InChI=1S/C39H26F4N4O7/c1-20-12-27(51-3)13-21(2)35(20)36(31-14-23(18-44)37(45-31)53-33-10-6-24(40)15-29(33)42)32-17-28(38(46-32)54-34-11-7-25(41)16-30(34)43)39(48)52-19-22-4-8-26(9-5-22)47(49)50/h4-17,46H,19H2,1-3H3/b36-31+. The quantitative estimate of drug-likeness (QED) is 0.0646. The Morgan fingerprint density at radius 1 is 0.889 bits per heavy atom. The van der Waals surface area contributed by atoms with Crippen LogP contribution >= 0.6 is 0 Å². The summed E-state index contributed by atoms with van der Waals surface area (Å²) >= 11 is 0. The summed E-state index contributed by atoms with van der Waals surface area (Å²) in [6.45, 7) is 3.24. The highest BCUT2D eigenvalue weighted by Crippen LogP contribution is 2.40. The molecule has 0 bridgehead atoms. The predicted octanol–water partition coefficient (Wildman–Crippen LogP) is 8.95. The number of nitro groups is 1. The van der Waals surface area contributed by atoms with Crippen molar-refractivity contribution in [3.63, 3.8) is 0 Å². The molecule has 4 aromatic carbocycles. The summed E-state index contributed by atoms with van der Waals surface area (Å²) in [6, 6.07) is 17.3. The fraction of sp³-hybridized carbons (Fsp3) is 0.103. The number of benzene rings is 4. The first-order chi connectivity index (χ1) is 25.8. The van der Waals surface area contributed by atoms with Crippen LogP contribution in [-0.4, -0.2) is 28.9 Å². The van der Waals surface area contributed by atoms with Gasteiger partial charge in [-0.2, -0.15) is 5.26 Å². The summed E-state index contributed by atoms with van der Waals surface area (Å²) in [6.07, 6.45) is 1.36. The van der Waals surface area contributed by atoms with Crippen LogP contribution in [0.2, 0.25) is 0 Å². The van der Waals surface area contributed by atoms with Crippen molar-refractivity contribution in [2.75, 3.05) is 7.11 Å². The Bertz CT molecular complexity index is 2440. The molecule has 0 unspecified atom stereocenters. The minimum absolute atomic E-state index is 0.104. The molecule has 5 aromatic rings. The normalized spacial score (nSPS) is 13.1. The van der Waals surface area contributed by atoms with Gasteiger partial charge in [0.15, 0.2) is 23.1 Å². The van der Waals surface area contributed by atoms with E-state index < -0.39 is 45.7 Å². The number of aromatic nitrogens is 1.